The molecule has 0 aliphatic carbocycles. The fraction of sp³-hybridized carbons (Fsp3) is 0.600. The van der Waals surface area contributed by atoms with E-state index in [0.717, 1.165) is 0 Å². The van der Waals surface area contributed by atoms with E-state index in [-0.39, 0.29) is 13.0 Å². The monoisotopic (exact) mass is 498 g/mol. The number of halogens is 1. The van der Waals surface area contributed by atoms with E-state index in [4.69, 9.17) is 24.2 Å². The van der Waals surface area contributed by atoms with Gasteiger partial charge < -0.3 is 29.0 Å². The second-order valence-corrected chi connectivity index (χ2v) is 10.7. The van der Waals surface area contributed by atoms with E-state index in [1.54, 1.807) is 4.98 Å². The number of fused-ring (bicyclic) bond motifs is 2. The minimum absolute atomic E-state index is 0.0272. The maximum Gasteiger partial charge on any atom is 0.490 e. The van der Waals surface area contributed by atoms with Crippen LogP contribution < -0.4 is 11.2 Å². The number of phosphoric ester groups is 1. The number of H-pyrrole nitrogens is 1. The SMILES string of the molecule is O=c1[nH]c(=O)n(C2OC3(COP(=O)(O)OP(=O)(O)OP(=O)(O)O)COC2C3)cc1F. The number of aromatic amines is 1. The molecule has 2 aliphatic heterocycles. The van der Waals surface area contributed by atoms with Crippen LogP contribution in [0.3, 0.4) is 0 Å². The van der Waals surface area contributed by atoms with Gasteiger partial charge in [0.25, 0.3) is 5.56 Å². The van der Waals surface area contributed by atoms with Gasteiger partial charge in [0.1, 0.15) is 11.7 Å². The van der Waals surface area contributed by atoms with E-state index >= 15 is 0 Å². The summed E-state index contributed by atoms with van der Waals surface area (Å²) in [4.78, 5) is 60.4. The Morgan fingerprint density at radius 2 is 1.87 bits per heavy atom. The Kier molecular flexibility index (Phi) is 6.15. The van der Waals surface area contributed by atoms with Crippen molar-refractivity contribution >= 4 is 23.5 Å². The van der Waals surface area contributed by atoms with Crippen molar-refractivity contribution in [3.63, 3.8) is 0 Å². The Labute approximate surface area is 164 Å². The van der Waals surface area contributed by atoms with Crippen molar-refractivity contribution in [1.29, 1.82) is 0 Å². The van der Waals surface area contributed by atoms with Crippen LogP contribution in [0.2, 0.25) is 0 Å². The smallest absolute Gasteiger partial charge is 0.370 e. The molecule has 1 aromatic heterocycles. The molecule has 0 spiro atoms. The molecule has 5 unspecified atom stereocenters. The summed E-state index contributed by atoms with van der Waals surface area (Å²) in [5.41, 5.74) is -3.72. The predicted octanol–water partition coefficient (Wildman–Crippen LogP) is -0.924. The van der Waals surface area contributed by atoms with E-state index in [9.17, 15) is 32.6 Å². The van der Waals surface area contributed by atoms with Crippen LogP contribution in [0, 0.1) is 5.82 Å². The van der Waals surface area contributed by atoms with Gasteiger partial charge in [0.15, 0.2) is 6.23 Å². The zero-order valence-electron chi connectivity index (χ0n) is 14.4. The fourth-order valence-corrected chi connectivity index (χ4v) is 5.96. The van der Waals surface area contributed by atoms with E-state index in [2.05, 4.69) is 13.1 Å². The molecule has 2 saturated heterocycles. The zero-order chi connectivity index (χ0) is 22.5. The van der Waals surface area contributed by atoms with Gasteiger partial charge in [0.2, 0.25) is 5.82 Å². The van der Waals surface area contributed by atoms with Crippen LogP contribution in [0.5, 0.6) is 0 Å². The summed E-state index contributed by atoms with van der Waals surface area (Å²) in [7, 11) is -16.6. The van der Waals surface area contributed by atoms with Crippen molar-refractivity contribution in [2.24, 2.45) is 0 Å². The van der Waals surface area contributed by atoms with Gasteiger partial charge >= 0.3 is 29.2 Å². The number of nitrogens with one attached hydrogen (secondary N) is 1. The molecule has 5 N–H and O–H groups in total. The zero-order valence-corrected chi connectivity index (χ0v) is 17.1. The first-order chi connectivity index (χ1) is 13.6. The molecular weight excluding hydrogens is 484 g/mol. The second kappa shape index (κ2) is 7.81. The van der Waals surface area contributed by atoms with Crippen LogP contribution in [0.25, 0.3) is 0 Å². The summed E-state index contributed by atoms with van der Waals surface area (Å²) >= 11 is 0. The first-order valence-electron chi connectivity index (χ1n) is 7.69. The molecule has 2 bridgehead atoms. The van der Waals surface area contributed by atoms with Crippen LogP contribution >= 0.6 is 23.5 Å². The lowest BCUT2D eigenvalue weighted by Gasteiger charge is -2.31. The van der Waals surface area contributed by atoms with Gasteiger partial charge in [-0.05, 0) is 0 Å². The summed E-state index contributed by atoms with van der Waals surface area (Å²) in [5, 5.41) is 0. The van der Waals surface area contributed by atoms with Gasteiger partial charge in [-0.25, -0.2) is 18.5 Å². The van der Waals surface area contributed by atoms with E-state index in [1.807, 2.05) is 0 Å². The van der Waals surface area contributed by atoms with Gasteiger partial charge in [0, 0.05) is 6.42 Å². The standard InChI is InChI=1S/C10H14FN2O14P3/c11-5-2-13(9(15)12-7(5)14)8-6-1-10(25-8,3-23-6)4-24-29(19,20)27-30(21,22)26-28(16,17)18/h2,6,8H,1,3-4H2,(H,19,20)(H,21,22)(H,12,14,15)(H2,16,17,18). The highest BCUT2D eigenvalue weighted by Gasteiger charge is 2.56. The largest absolute Gasteiger partial charge is 0.490 e. The topological polar surface area (TPSA) is 233 Å². The molecule has 0 radical (unpaired) electrons. The van der Waals surface area contributed by atoms with Crippen LogP contribution in [-0.4, -0.2) is 54.0 Å². The second-order valence-electron chi connectivity index (χ2n) is 6.25. The van der Waals surface area contributed by atoms with E-state index < -0.39 is 65.1 Å². The van der Waals surface area contributed by atoms with Crippen molar-refractivity contribution in [2.75, 3.05) is 13.2 Å². The maximum atomic E-state index is 13.5. The maximum absolute atomic E-state index is 13.5. The van der Waals surface area contributed by atoms with Gasteiger partial charge in [-0.3, -0.25) is 18.9 Å². The molecule has 1 aromatic rings. The quantitative estimate of drug-likeness (QED) is 0.273. The molecule has 0 aromatic carbocycles. The molecule has 2 fully saturated rings. The number of hydrogen-bond donors (Lipinski definition) is 5. The lowest BCUT2D eigenvalue weighted by atomic mass is 10.0. The minimum Gasteiger partial charge on any atom is -0.370 e. The number of rotatable bonds is 8. The minimum atomic E-state index is -5.69. The molecule has 2 aliphatic rings. The highest BCUT2D eigenvalue weighted by Crippen LogP contribution is 2.66. The number of hydrogen-bond acceptors (Lipinski definition) is 10. The molecule has 5 atom stereocenters. The highest BCUT2D eigenvalue weighted by molar-refractivity contribution is 7.66. The Bertz CT molecular complexity index is 1100. The lowest BCUT2D eigenvalue weighted by molar-refractivity contribution is -0.183. The summed E-state index contributed by atoms with van der Waals surface area (Å²) < 4.78 is 70.6. The molecular formula is C10H14FN2O14P3. The van der Waals surface area contributed by atoms with Gasteiger partial charge in [-0.15, -0.1) is 0 Å². The molecule has 20 heteroatoms. The third-order valence-electron chi connectivity index (χ3n) is 3.93. The summed E-state index contributed by atoms with van der Waals surface area (Å²) in [6, 6.07) is 0. The van der Waals surface area contributed by atoms with Crippen molar-refractivity contribution in [2.45, 2.75) is 24.4 Å². The Morgan fingerprint density at radius 1 is 1.20 bits per heavy atom. The summed E-state index contributed by atoms with van der Waals surface area (Å²) in [6.45, 7) is -1.02. The number of aromatic nitrogens is 2. The highest BCUT2D eigenvalue weighted by atomic mass is 31.3. The van der Waals surface area contributed by atoms with Gasteiger partial charge in [0.05, 0.1) is 19.4 Å². The molecule has 0 saturated carbocycles. The average Bonchev–Trinajstić information content (AvgIpc) is 3.12. The van der Waals surface area contributed by atoms with E-state index in [1.165, 1.54) is 0 Å². The van der Waals surface area contributed by atoms with Crippen molar-refractivity contribution < 1.29 is 60.3 Å². The Hall–Kier alpha value is -1.06. The van der Waals surface area contributed by atoms with Gasteiger partial charge in [-0.1, -0.05) is 0 Å². The molecule has 16 nitrogen and oxygen atoms in total. The fourth-order valence-electron chi connectivity index (χ4n) is 2.86. The van der Waals surface area contributed by atoms with Crippen molar-refractivity contribution in [3.8, 4) is 0 Å². The lowest BCUT2D eigenvalue weighted by Crippen LogP contribution is -2.43. The first kappa shape index (κ1) is 23.6. The molecule has 3 rings (SSSR count). The summed E-state index contributed by atoms with van der Waals surface area (Å²) in [6.07, 6.45) is -1.51. The van der Waals surface area contributed by atoms with Crippen LogP contribution in [0.4, 0.5) is 4.39 Å². The van der Waals surface area contributed by atoms with Crippen LogP contribution in [0.15, 0.2) is 15.8 Å². The molecule has 170 valence electrons. The number of ether oxygens (including phenoxy) is 2. The van der Waals surface area contributed by atoms with Crippen molar-refractivity contribution in [3.05, 3.63) is 32.9 Å². The van der Waals surface area contributed by atoms with Crippen LogP contribution in [-0.2, 0) is 36.3 Å². The molecule has 0 amide bonds. The van der Waals surface area contributed by atoms with Gasteiger partial charge in [-0.2, -0.15) is 13.0 Å². The number of nitrogens with zero attached hydrogens (tertiary/aromatic N) is 1. The molecule has 30 heavy (non-hydrogen) atoms. The average molecular weight is 498 g/mol. The van der Waals surface area contributed by atoms with Crippen LogP contribution in [0.1, 0.15) is 12.6 Å². The Balaban J connectivity index is 1.70. The Morgan fingerprint density at radius 3 is 2.50 bits per heavy atom. The third-order valence-corrected chi connectivity index (χ3v) is 7.71. The normalized spacial score (nSPS) is 30.2. The first-order valence-corrected chi connectivity index (χ1v) is 12.2. The summed E-state index contributed by atoms with van der Waals surface area (Å²) in [5.74, 6) is -1.27. The molecule has 3 heterocycles. The van der Waals surface area contributed by atoms with E-state index in [0.29, 0.717) is 10.8 Å². The predicted molar refractivity (Wildman–Crippen MR) is 88.3 cm³/mol. The number of phosphoric acid groups is 3. The van der Waals surface area contributed by atoms with Crippen molar-refractivity contribution in [1.82, 2.24) is 9.55 Å². The third kappa shape index (κ3) is 5.40.